The van der Waals surface area contributed by atoms with Crippen molar-refractivity contribution in [2.45, 2.75) is 4.90 Å². The Hall–Kier alpha value is -1.07. The standard InChI is InChI=1S/C10H14N2O2S/c1-11(2)7-8-15-10-6-4-3-5-9(10)12(13)14/h3-6H,7-8H2,1-2H3. The summed E-state index contributed by atoms with van der Waals surface area (Å²) in [5.74, 6) is 0.859. The summed E-state index contributed by atoms with van der Waals surface area (Å²) < 4.78 is 0. The van der Waals surface area contributed by atoms with Crippen LogP contribution >= 0.6 is 11.8 Å². The summed E-state index contributed by atoms with van der Waals surface area (Å²) in [5.41, 5.74) is 0.196. The third-order valence-electron chi connectivity index (χ3n) is 1.86. The quantitative estimate of drug-likeness (QED) is 0.439. The predicted octanol–water partition coefficient (Wildman–Crippen LogP) is 2.25. The van der Waals surface area contributed by atoms with Crippen LogP contribution in [0.25, 0.3) is 0 Å². The number of nitro benzene ring substituents is 1. The van der Waals surface area contributed by atoms with E-state index in [9.17, 15) is 10.1 Å². The zero-order valence-electron chi connectivity index (χ0n) is 8.84. The topological polar surface area (TPSA) is 46.4 Å². The van der Waals surface area contributed by atoms with E-state index in [1.807, 2.05) is 20.2 Å². The highest BCUT2D eigenvalue weighted by Crippen LogP contribution is 2.28. The molecule has 0 saturated heterocycles. The summed E-state index contributed by atoms with van der Waals surface area (Å²) in [5, 5.41) is 10.7. The van der Waals surface area contributed by atoms with Crippen LogP contribution in [0.1, 0.15) is 0 Å². The van der Waals surface area contributed by atoms with Gasteiger partial charge >= 0.3 is 0 Å². The molecule has 0 N–H and O–H groups in total. The lowest BCUT2D eigenvalue weighted by molar-refractivity contribution is -0.387. The minimum Gasteiger partial charge on any atom is -0.309 e. The van der Waals surface area contributed by atoms with Crippen molar-refractivity contribution in [2.24, 2.45) is 0 Å². The van der Waals surface area contributed by atoms with Gasteiger partial charge in [-0.3, -0.25) is 10.1 Å². The average Bonchev–Trinajstić information content (AvgIpc) is 2.17. The van der Waals surface area contributed by atoms with Gasteiger partial charge in [0.1, 0.15) is 0 Å². The first kappa shape index (κ1) is 12.0. The average molecular weight is 226 g/mol. The highest BCUT2D eigenvalue weighted by Gasteiger charge is 2.11. The van der Waals surface area contributed by atoms with Gasteiger partial charge in [-0.15, -0.1) is 11.8 Å². The molecule has 0 bridgehead atoms. The van der Waals surface area contributed by atoms with Crippen LogP contribution < -0.4 is 0 Å². The Bertz CT molecular complexity index is 342. The van der Waals surface area contributed by atoms with Gasteiger partial charge in [0, 0.05) is 18.4 Å². The molecule has 0 radical (unpaired) electrons. The molecule has 0 aliphatic rings. The summed E-state index contributed by atoms with van der Waals surface area (Å²) >= 11 is 1.52. The van der Waals surface area contributed by atoms with Crippen molar-refractivity contribution in [1.82, 2.24) is 4.90 Å². The second-order valence-electron chi connectivity index (χ2n) is 3.38. The van der Waals surface area contributed by atoms with E-state index in [2.05, 4.69) is 4.90 Å². The molecule has 1 rings (SSSR count). The van der Waals surface area contributed by atoms with Crippen LogP contribution in [0.4, 0.5) is 5.69 Å². The van der Waals surface area contributed by atoms with Crippen molar-refractivity contribution in [3.8, 4) is 0 Å². The van der Waals surface area contributed by atoms with Crippen LogP contribution in [-0.4, -0.2) is 36.2 Å². The van der Waals surface area contributed by atoms with Crippen molar-refractivity contribution in [1.29, 1.82) is 0 Å². The van der Waals surface area contributed by atoms with Crippen molar-refractivity contribution < 1.29 is 4.92 Å². The summed E-state index contributed by atoms with van der Waals surface area (Å²) in [7, 11) is 3.97. The monoisotopic (exact) mass is 226 g/mol. The molecule has 0 spiro atoms. The highest BCUT2D eigenvalue weighted by molar-refractivity contribution is 7.99. The van der Waals surface area contributed by atoms with Crippen LogP contribution in [-0.2, 0) is 0 Å². The zero-order chi connectivity index (χ0) is 11.3. The lowest BCUT2D eigenvalue weighted by Crippen LogP contribution is -2.14. The first-order valence-corrected chi connectivity index (χ1v) is 5.61. The van der Waals surface area contributed by atoms with Gasteiger partial charge in [0.05, 0.1) is 9.82 Å². The van der Waals surface area contributed by atoms with E-state index in [0.717, 1.165) is 17.2 Å². The molecular weight excluding hydrogens is 212 g/mol. The largest absolute Gasteiger partial charge is 0.309 e. The number of para-hydroxylation sites is 1. The Morgan fingerprint density at radius 1 is 1.40 bits per heavy atom. The molecule has 0 aromatic heterocycles. The number of nitrogens with zero attached hydrogens (tertiary/aromatic N) is 2. The molecule has 0 fully saturated rings. The van der Waals surface area contributed by atoms with Crippen molar-refractivity contribution in [3.63, 3.8) is 0 Å². The Morgan fingerprint density at radius 2 is 2.07 bits per heavy atom. The normalized spacial score (nSPS) is 10.6. The molecule has 82 valence electrons. The van der Waals surface area contributed by atoms with Gasteiger partial charge in [0.15, 0.2) is 0 Å². The molecule has 4 nitrogen and oxygen atoms in total. The lowest BCUT2D eigenvalue weighted by Gasteiger charge is -2.08. The van der Waals surface area contributed by atoms with Gasteiger partial charge in [-0.1, -0.05) is 12.1 Å². The number of hydrogen-bond acceptors (Lipinski definition) is 4. The number of benzene rings is 1. The van der Waals surface area contributed by atoms with E-state index < -0.39 is 0 Å². The van der Waals surface area contributed by atoms with E-state index in [0.29, 0.717) is 0 Å². The van der Waals surface area contributed by atoms with Crippen molar-refractivity contribution in [2.75, 3.05) is 26.4 Å². The third kappa shape index (κ3) is 3.89. The third-order valence-corrected chi connectivity index (χ3v) is 2.90. The van der Waals surface area contributed by atoms with Crippen LogP contribution in [0.15, 0.2) is 29.2 Å². The summed E-state index contributed by atoms with van der Waals surface area (Å²) in [6, 6.07) is 6.84. The molecule has 5 heteroatoms. The molecular formula is C10H14N2O2S. The fraction of sp³-hybridized carbons (Fsp3) is 0.400. The first-order valence-electron chi connectivity index (χ1n) is 4.62. The van der Waals surface area contributed by atoms with Gasteiger partial charge < -0.3 is 4.90 Å². The lowest BCUT2D eigenvalue weighted by atomic mass is 10.3. The molecule has 0 aliphatic heterocycles. The number of rotatable bonds is 5. The number of nitro groups is 1. The van der Waals surface area contributed by atoms with Crippen LogP contribution in [0.3, 0.4) is 0 Å². The van der Waals surface area contributed by atoms with E-state index in [4.69, 9.17) is 0 Å². The summed E-state index contributed by atoms with van der Waals surface area (Å²) in [6.07, 6.45) is 0. The van der Waals surface area contributed by atoms with Crippen LogP contribution in [0, 0.1) is 10.1 Å². The Morgan fingerprint density at radius 3 is 2.67 bits per heavy atom. The van der Waals surface area contributed by atoms with Gasteiger partial charge in [0.2, 0.25) is 0 Å². The minimum atomic E-state index is -0.335. The molecule has 1 aromatic rings. The van der Waals surface area contributed by atoms with E-state index in [1.54, 1.807) is 12.1 Å². The molecule has 0 atom stereocenters. The van der Waals surface area contributed by atoms with Crippen LogP contribution in [0.5, 0.6) is 0 Å². The molecule has 15 heavy (non-hydrogen) atoms. The first-order chi connectivity index (χ1) is 7.11. The smallest absolute Gasteiger partial charge is 0.282 e. The molecule has 0 saturated carbocycles. The number of hydrogen-bond donors (Lipinski definition) is 0. The Kier molecular flexibility index (Phi) is 4.58. The molecule has 1 aromatic carbocycles. The molecule has 0 unspecified atom stereocenters. The summed E-state index contributed by atoms with van der Waals surface area (Å²) in [6.45, 7) is 0.913. The fourth-order valence-electron chi connectivity index (χ4n) is 1.07. The van der Waals surface area contributed by atoms with E-state index >= 15 is 0 Å². The van der Waals surface area contributed by atoms with Gasteiger partial charge in [-0.2, -0.15) is 0 Å². The van der Waals surface area contributed by atoms with Gasteiger partial charge in [-0.05, 0) is 20.2 Å². The molecule has 0 aliphatic carbocycles. The minimum absolute atomic E-state index is 0.196. The second kappa shape index (κ2) is 5.72. The van der Waals surface area contributed by atoms with Gasteiger partial charge in [0.25, 0.3) is 5.69 Å². The highest BCUT2D eigenvalue weighted by atomic mass is 32.2. The molecule has 0 amide bonds. The fourth-order valence-corrected chi connectivity index (χ4v) is 2.21. The molecule has 0 heterocycles. The Balaban J connectivity index is 2.63. The second-order valence-corrected chi connectivity index (χ2v) is 4.51. The maximum atomic E-state index is 10.7. The van der Waals surface area contributed by atoms with E-state index in [-0.39, 0.29) is 10.6 Å². The predicted molar refractivity (Wildman–Crippen MR) is 62.4 cm³/mol. The van der Waals surface area contributed by atoms with Crippen LogP contribution in [0.2, 0.25) is 0 Å². The van der Waals surface area contributed by atoms with Gasteiger partial charge in [-0.25, -0.2) is 0 Å². The van der Waals surface area contributed by atoms with E-state index in [1.165, 1.54) is 17.8 Å². The SMILES string of the molecule is CN(C)CCSc1ccccc1[N+](=O)[O-]. The zero-order valence-corrected chi connectivity index (χ0v) is 9.66. The number of thioether (sulfide) groups is 1. The maximum Gasteiger partial charge on any atom is 0.282 e. The maximum absolute atomic E-state index is 10.7. The van der Waals surface area contributed by atoms with Crippen molar-refractivity contribution >= 4 is 17.4 Å². The summed E-state index contributed by atoms with van der Waals surface area (Å²) in [4.78, 5) is 13.2. The van der Waals surface area contributed by atoms with Crippen molar-refractivity contribution in [3.05, 3.63) is 34.4 Å². The Labute approximate surface area is 93.4 Å².